The van der Waals surface area contributed by atoms with Gasteiger partial charge >= 0.3 is 0 Å². The van der Waals surface area contributed by atoms with Crippen LogP contribution in [0.5, 0.6) is 0 Å². The van der Waals surface area contributed by atoms with Gasteiger partial charge in [0, 0.05) is 57.3 Å². The second-order valence-electron chi connectivity index (χ2n) is 11.0. The second-order valence-corrected chi connectivity index (χ2v) is 12.0. The zero-order valence-electron chi connectivity index (χ0n) is 23.2. The third-order valence-electron chi connectivity index (χ3n) is 8.40. The average Bonchev–Trinajstić information content (AvgIpc) is 3.54. The normalized spacial score (nSPS) is 16.3. The van der Waals surface area contributed by atoms with Gasteiger partial charge in [-0.05, 0) is 62.1 Å². The summed E-state index contributed by atoms with van der Waals surface area (Å²) in [4.78, 5) is 28.4. The lowest BCUT2D eigenvalue weighted by molar-refractivity contribution is -0.142. The van der Waals surface area contributed by atoms with E-state index in [0.717, 1.165) is 73.9 Å². The van der Waals surface area contributed by atoms with Crippen molar-refractivity contribution in [2.45, 2.75) is 40.0 Å². The maximum atomic E-state index is 13.5. The van der Waals surface area contributed by atoms with Crippen LogP contribution in [-0.4, -0.2) is 58.4 Å². The third-order valence-corrected chi connectivity index (χ3v) is 9.43. The van der Waals surface area contributed by atoms with E-state index in [9.17, 15) is 14.4 Å². The predicted molar refractivity (Wildman–Crippen MR) is 156 cm³/mol. The number of hydrogen-bond acceptors (Lipinski definition) is 7. The van der Waals surface area contributed by atoms with Crippen LogP contribution in [0.25, 0.3) is 16.9 Å². The summed E-state index contributed by atoms with van der Waals surface area (Å²) in [7, 11) is 1.96. The van der Waals surface area contributed by atoms with Crippen LogP contribution in [0.3, 0.4) is 0 Å². The molecule has 2 saturated heterocycles. The molecule has 1 spiro atoms. The predicted octanol–water partition coefficient (Wildman–Crippen LogP) is 5.56. The highest BCUT2D eigenvalue weighted by Gasteiger charge is 2.45. The molecular formula is C30H32FN7OS. The number of pyridine rings is 1. The largest absolute Gasteiger partial charge is 0.370 e. The Morgan fingerprint density at radius 2 is 1.90 bits per heavy atom. The van der Waals surface area contributed by atoms with Gasteiger partial charge in [0.05, 0.1) is 11.4 Å². The van der Waals surface area contributed by atoms with Crippen LogP contribution in [0.15, 0.2) is 36.5 Å². The third kappa shape index (κ3) is 4.38. The summed E-state index contributed by atoms with van der Waals surface area (Å²) in [6.45, 7) is 9.51. The van der Waals surface area contributed by atoms with Gasteiger partial charge in [0.25, 0.3) is 0 Å². The summed E-state index contributed by atoms with van der Waals surface area (Å²) in [5, 5.41) is 10.5. The van der Waals surface area contributed by atoms with Crippen LogP contribution >= 0.6 is 11.3 Å². The van der Waals surface area contributed by atoms with Gasteiger partial charge < -0.3 is 14.7 Å². The Balaban J connectivity index is 1.33. The molecule has 206 valence electrons. The van der Waals surface area contributed by atoms with Crippen LogP contribution in [0.2, 0.25) is 0 Å². The fourth-order valence-electron chi connectivity index (χ4n) is 6.06. The molecule has 5 heterocycles. The van der Waals surface area contributed by atoms with Gasteiger partial charge in [0.1, 0.15) is 33.9 Å². The Bertz CT molecular complexity index is 1640. The molecule has 8 nitrogen and oxygen atoms in total. The first kappa shape index (κ1) is 26.3. The van der Waals surface area contributed by atoms with Crippen molar-refractivity contribution in [2.24, 2.45) is 5.41 Å². The summed E-state index contributed by atoms with van der Waals surface area (Å²) in [6.07, 6.45) is 5.07. The number of thiazole rings is 1. The van der Waals surface area contributed by atoms with Crippen molar-refractivity contribution in [2.75, 3.05) is 43.0 Å². The van der Waals surface area contributed by atoms with Crippen molar-refractivity contribution in [3.63, 3.8) is 0 Å². The summed E-state index contributed by atoms with van der Waals surface area (Å²) >= 11 is 1.32. The van der Waals surface area contributed by atoms with E-state index in [2.05, 4.69) is 41.5 Å². The number of aromatic nitrogens is 3. The number of piperidine rings is 1. The number of anilines is 3. The van der Waals surface area contributed by atoms with Crippen LogP contribution in [0, 0.1) is 29.5 Å². The fraction of sp³-hybridized carbons (Fsp3) is 0.400. The first-order valence-electron chi connectivity index (χ1n) is 13.6. The van der Waals surface area contributed by atoms with E-state index < -0.39 is 0 Å². The lowest BCUT2D eigenvalue weighted by Crippen LogP contribution is -2.61. The minimum atomic E-state index is -0.325. The number of carbonyl (C=O) groups excluding carboxylic acids is 1. The van der Waals surface area contributed by atoms with Gasteiger partial charge in [-0.3, -0.25) is 9.20 Å². The van der Waals surface area contributed by atoms with Gasteiger partial charge in [0.2, 0.25) is 5.91 Å². The molecule has 0 aliphatic carbocycles. The van der Waals surface area contributed by atoms with Crippen LogP contribution in [0.1, 0.15) is 42.8 Å². The van der Waals surface area contributed by atoms with E-state index in [1.54, 1.807) is 19.1 Å². The minimum absolute atomic E-state index is 0.171. The van der Waals surface area contributed by atoms with E-state index in [1.807, 2.05) is 16.8 Å². The topological polar surface area (TPSA) is 80.8 Å². The number of nitriles is 1. The Morgan fingerprint density at radius 3 is 2.52 bits per heavy atom. The summed E-state index contributed by atoms with van der Waals surface area (Å²) in [5.74, 6) is 0.773. The highest BCUT2D eigenvalue weighted by molar-refractivity contribution is 7.16. The van der Waals surface area contributed by atoms with E-state index in [0.29, 0.717) is 21.3 Å². The van der Waals surface area contributed by atoms with Crippen molar-refractivity contribution in [3.8, 4) is 17.3 Å². The zero-order valence-corrected chi connectivity index (χ0v) is 24.1. The van der Waals surface area contributed by atoms with Gasteiger partial charge in [-0.1, -0.05) is 18.3 Å². The number of benzene rings is 1. The van der Waals surface area contributed by atoms with Gasteiger partial charge in [-0.25, -0.2) is 14.4 Å². The van der Waals surface area contributed by atoms with E-state index in [-0.39, 0.29) is 17.1 Å². The Morgan fingerprint density at radius 1 is 1.20 bits per heavy atom. The number of imidazole rings is 1. The fourth-order valence-corrected chi connectivity index (χ4v) is 6.91. The van der Waals surface area contributed by atoms with Crippen molar-refractivity contribution < 1.29 is 9.18 Å². The van der Waals surface area contributed by atoms with Gasteiger partial charge in [0.15, 0.2) is 5.13 Å². The zero-order chi connectivity index (χ0) is 28.2. The molecule has 2 aliphatic rings. The average molecular weight is 558 g/mol. The highest BCUT2D eigenvalue weighted by atomic mass is 32.1. The molecule has 0 saturated carbocycles. The van der Waals surface area contributed by atoms with Crippen molar-refractivity contribution in [1.82, 2.24) is 19.3 Å². The number of fused-ring (bicyclic) bond motifs is 1. The highest BCUT2D eigenvalue weighted by Crippen LogP contribution is 2.42. The minimum Gasteiger partial charge on any atom is -0.370 e. The number of halogens is 1. The van der Waals surface area contributed by atoms with Gasteiger partial charge in [-0.2, -0.15) is 5.26 Å². The molecule has 10 heteroatoms. The number of aryl methyl sites for hydroxylation is 2. The number of hydrogen-bond donors (Lipinski definition) is 0. The number of carbonyl (C=O) groups is 1. The molecule has 0 radical (unpaired) electrons. The van der Waals surface area contributed by atoms with Crippen LogP contribution in [-0.2, 0) is 11.2 Å². The summed E-state index contributed by atoms with van der Waals surface area (Å²) in [5.41, 5.74) is 5.65. The van der Waals surface area contributed by atoms with Crippen molar-refractivity contribution in [1.29, 1.82) is 5.26 Å². The maximum Gasteiger partial charge on any atom is 0.219 e. The SMILES string of the molecule is CCc1nc2c(C)cc(N3CCC4(CC3)CN(C(C)=O)C4)cn2c1N(C)c1nc(-c2ccc(F)cc2)c(C#N)s1. The molecule has 1 amide bonds. The monoisotopic (exact) mass is 557 g/mol. The van der Waals surface area contributed by atoms with Crippen molar-refractivity contribution in [3.05, 3.63) is 58.5 Å². The quantitative estimate of drug-likeness (QED) is 0.320. The molecule has 0 atom stereocenters. The van der Waals surface area contributed by atoms with Crippen molar-refractivity contribution >= 4 is 39.5 Å². The molecule has 40 heavy (non-hydrogen) atoms. The molecule has 2 fully saturated rings. The Kier molecular flexibility index (Phi) is 6.50. The van der Waals surface area contributed by atoms with E-state index in [1.165, 1.54) is 23.5 Å². The lowest BCUT2D eigenvalue weighted by atomic mass is 9.72. The number of rotatable bonds is 5. The van der Waals surface area contributed by atoms with Crippen LogP contribution in [0.4, 0.5) is 21.0 Å². The summed E-state index contributed by atoms with van der Waals surface area (Å²) < 4.78 is 15.7. The number of likely N-dealkylation sites (tertiary alicyclic amines) is 1. The molecule has 4 aromatic rings. The molecule has 1 aromatic carbocycles. The molecule has 6 rings (SSSR count). The number of amides is 1. The Labute approximate surface area is 237 Å². The van der Waals surface area contributed by atoms with E-state index in [4.69, 9.17) is 9.97 Å². The second kappa shape index (κ2) is 9.89. The number of nitrogens with zero attached hydrogens (tertiary/aromatic N) is 7. The Hall–Kier alpha value is -3.97. The molecule has 2 aliphatic heterocycles. The van der Waals surface area contributed by atoms with Crippen LogP contribution < -0.4 is 9.80 Å². The van der Waals surface area contributed by atoms with Gasteiger partial charge in [-0.15, -0.1) is 0 Å². The van der Waals surface area contributed by atoms with E-state index >= 15 is 0 Å². The molecule has 0 unspecified atom stereocenters. The summed E-state index contributed by atoms with van der Waals surface area (Å²) in [6, 6.07) is 10.6. The lowest BCUT2D eigenvalue weighted by Gasteiger charge is -2.54. The molecule has 3 aromatic heterocycles. The smallest absolute Gasteiger partial charge is 0.219 e. The first-order valence-corrected chi connectivity index (χ1v) is 14.5. The molecule has 0 bridgehead atoms. The standard InChI is InChI=1S/C30H32FN7OS/c1-5-24-28(35(4)29-34-26(25(15-32)40-29)21-6-8-22(31)9-7-21)38-16-23(14-19(2)27(38)33-24)36-12-10-30(11-13-36)17-37(18-30)20(3)39/h6-9,14,16H,5,10-13,17-18H2,1-4H3. The molecule has 0 N–H and O–H groups in total. The first-order chi connectivity index (χ1) is 19.2. The molecular weight excluding hydrogens is 525 g/mol. The maximum absolute atomic E-state index is 13.5.